The molecule has 6 nitrogen and oxygen atoms in total. The molecule has 0 spiro atoms. The molecule has 0 radical (unpaired) electrons. The van der Waals surface area contributed by atoms with Gasteiger partial charge in [-0.05, 0) is 49.0 Å². The van der Waals surface area contributed by atoms with Crippen LogP contribution < -0.4 is 9.64 Å². The van der Waals surface area contributed by atoms with E-state index in [0.717, 1.165) is 49.1 Å². The average molecular weight is 467 g/mol. The number of H-pyrrole nitrogens is 1. The summed E-state index contributed by atoms with van der Waals surface area (Å²) in [4.78, 5) is 9.04. The number of aromatic amines is 1. The molecule has 0 aliphatic carbocycles. The molecule has 9 heteroatoms. The van der Waals surface area contributed by atoms with Gasteiger partial charge >= 0.3 is 6.18 Å². The maximum absolute atomic E-state index is 13.8. The first-order chi connectivity index (χ1) is 16.3. The van der Waals surface area contributed by atoms with Crippen molar-refractivity contribution in [3.05, 3.63) is 60.3 Å². The second-order valence-electron chi connectivity index (χ2n) is 8.44. The molecule has 5 rings (SSSR count). The third-order valence-corrected chi connectivity index (χ3v) is 6.28. The number of alkyl halides is 3. The number of benzene rings is 2. The number of likely N-dealkylation sites (N-methyl/N-ethyl adjacent to an activating group) is 1. The molecule has 1 fully saturated rings. The minimum absolute atomic E-state index is 0.000152. The summed E-state index contributed by atoms with van der Waals surface area (Å²) in [6.45, 7) is 4.00. The van der Waals surface area contributed by atoms with Gasteiger partial charge in [0, 0.05) is 54.6 Å². The summed E-state index contributed by atoms with van der Waals surface area (Å²) in [5.74, 6) is 0.138. The van der Waals surface area contributed by atoms with Crippen LogP contribution in [0.3, 0.4) is 0 Å². The Morgan fingerprint density at radius 3 is 2.35 bits per heavy atom. The molecule has 1 N–H and O–H groups in total. The normalized spacial score (nSPS) is 15.1. The van der Waals surface area contributed by atoms with Crippen LogP contribution in [0.2, 0.25) is 0 Å². The van der Waals surface area contributed by atoms with E-state index in [1.807, 2.05) is 18.2 Å². The summed E-state index contributed by atoms with van der Waals surface area (Å²) >= 11 is 0. The zero-order chi connectivity index (χ0) is 23.9. The van der Waals surface area contributed by atoms with Gasteiger partial charge in [-0.25, -0.2) is 4.98 Å². The van der Waals surface area contributed by atoms with Crippen molar-refractivity contribution in [2.24, 2.45) is 0 Å². The van der Waals surface area contributed by atoms with E-state index < -0.39 is 11.7 Å². The molecule has 0 saturated carbocycles. The number of pyridine rings is 1. The van der Waals surface area contributed by atoms with Crippen molar-refractivity contribution in [3.8, 4) is 28.1 Å². The fourth-order valence-electron chi connectivity index (χ4n) is 4.30. The number of ether oxygens (including phenoxy) is 1. The van der Waals surface area contributed by atoms with E-state index in [9.17, 15) is 13.2 Å². The van der Waals surface area contributed by atoms with Crippen LogP contribution in [0.25, 0.3) is 33.4 Å². The molecule has 4 aromatic rings. The van der Waals surface area contributed by atoms with Crippen LogP contribution in [0.5, 0.6) is 5.75 Å². The van der Waals surface area contributed by atoms with Crippen molar-refractivity contribution in [3.63, 3.8) is 0 Å². The van der Waals surface area contributed by atoms with Gasteiger partial charge in [0.2, 0.25) is 0 Å². The highest BCUT2D eigenvalue weighted by molar-refractivity contribution is 5.94. The van der Waals surface area contributed by atoms with E-state index in [0.29, 0.717) is 11.0 Å². The molecule has 0 unspecified atom stereocenters. The quantitative estimate of drug-likeness (QED) is 0.454. The zero-order valence-corrected chi connectivity index (χ0v) is 18.9. The van der Waals surface area contributed by atoms with Gasteiger partial charge < -0.3 is 14.5 Å². The van der Waals surface area contributed by atoms with Crippen LogP contribution in [0, 0.1) is 0 Å². The van der Waals surface area contributed by atoms with Crippen molar-refractivity contribution in [2.75, 3.05) is 45.2 Å². The van der Waals surface area contributed by atoms with Crippen molar-refractivity contribution in [1.29, 1.82) is 0 Å². The second kappa shape index (κ2) is 8.64. The number of methoxy groups -OCH3 is 1. The molecule has 2 aromatic carbocycles. The van der Waals surface area contributed by atoms with E-state index in [-0.39, 0.29) is 17.0 Å². The number of nitrogens with zero attached hydrogens (tertiary/aromatic N) is 4. The van der Waals surface area contributed by atoms with Crippen molar-refractivity contribution >= 4 is 16.7 Å². The van der Waals surface area contributed by atoms with Gasteiger partial charge in [0.25, 0.3) is 0 Å². The number of piperazine rings is 1. The Labute approximate surface area is 195 Å². The Kier molecular flexibility index (Phi) is 5.65. The molecule has 0 atom stereocenters. The van der Waals surface area contributed by atoms with E-state index in [4.69, 9.17) is 4.74 Å². The Morgan fingerprint density at radius 1 is 0.941 bits per heavy atom. The lowest BCUT2D eigenvalue weighted by Crippen LogP contribution is -2.44. The van der Waals surface area contributed by atoms with Gasteiger partial charge in [0.1, 0.15) is 5.75 Å². The number of nitrogens with one attached hydrogen (secondary N) is 1. The van der Waals surface area contributed by atoms with Gasteiger partial charge in [0.05, 0.1) is 18.4 Å². The number of hydrogen-bond acceptors (Lipinski definition) is 5. The highest BCUT2D eigenvalue weighted by Crippen LogP contribution is 2.40. The van der Waals surface area contributed by atoms with Crippen LogP contribution in [0.1, 0.15) is 5.56 Å². The SMILES string of the molecule is COc1ccc(-c2[nH]nc3ncc(-c4ccc(N5CCN(C)CC5)cc4)cc23)c(C(F)(F)F)c1. The first-order valence-corrected chi connectivity index (χ1v) is 11.0. The summed E-state index contributed by atoms with van der Waals surface area (Å²) < 4.78 is 46.4. The summed E-state index contributed by atoms with van der Waals surface area (Å²) in [7, 11) is 3.46. The van der Waals surface area contributed by atoms with Gasteiger partial charge in [-0.1, -0.05) is 12.1 Å². The van der Waals surface area contributed by atoms with Crippen LogP contribution in [-0.2, 0) is 6.18 Å². The average Bonchev–Trinajstić information content (AvgIpc) is 3.27. The fourth-order valence-corrected chi connectivity index (χ4v) is 4.30. The Bertz CT molecular complexity index is 1310. The van der Waals surface area contributed by atoms with E-state index in [1.54, 1.807) is 6.20 Å². The van der Waals surface area contributed by atoms with E-state index >= 15 is 0 Å². The lowest BCUT2D eigenvalue weighted by atomic mass is 10.00. The third-order valence-electron chi connectivity index (χ3n) is 6.28. The lowest BCUT2D eigenvalue weighted by Gasteiger charge is -2.34. The number of fused-ring (bicyclic) bond motifs is 1. The first kappa shape index (κ1) is 22.2. The molecule has 1 saturated heterocycles. The first-order valence-electron chi connectivity index (χ1n) is 11.0. The predicted octanol–water partition coefficient (Wildman–Crippen LogP) is 5.07. The minimum atomic E-state index is -4.55. The van der Waals surface area contributed by atoms with E-state index in [2.05, 4.69) is 44.2 Å². The standard InChI is InChI=1S/C25H24F3N5O/c1-32-9-11-33(12-10-32)18-5-3-16(4-6-18)17-13-21-23(30-31-24(21)29-15-17)20-8-7-19(34-2)14-22(20)25(26,27)28/h3-8,13-15H,9-12H2,1-2H3,(H,29,30,31). The maximum Gasteiger partial charge on any atom is 0.417 e. The highest BCUT2D eigenvalue weighted by atomic mass is 19.4. The monoisotopic (exact) mass is 467 g/mol. The van der Waals surface area contributed by atoms with Crippen molar-refractivity contribution < 1.29 is 17.9 Å². The molecular weight excluding hydrogens is 443 g/mol. The van der Waals surface area contributed by atoms with Crippen LogP contribution in [-0.4, -0.2) is 60.4 Å². The molecule has 176 valence electrons. The minimum Gasteiger partial charge on any atom is -0.497 e. The molecule has 0 bridgehead atoms. The largest absolute Gasteiger partial charge is 0.497 e. The van der Waals surface area contributed by atoms with Crippen molar-refractivity contribution in [2.45, 2.75) is 6.18 Å². The van der Waals surface area contributed by atoms with Crippen LogP contribution in [0.4, 0.5) is 18.9 Å². The topological polar surface area (TPSA) is 57.3 Å². The highest BCUT2D eigenvalue weighted by Gasteiger charge is 2.35. The Hall–Kier alpha value is -3.59. The van der Waals surface area contributed by atoms with Gasteiger partial charge in [-0.15, -0.1) is 0 Å². The third kappa shape index (κ3) is 4.19. The Balaban J connectivity index is 1.51. The summed E-state index contributed by atoms with van der Waals surface area (Å²) in [5.41, 5.74) is 2.74. The molecule has 1 aliphatic rings. The number of aromatic nitrogens is 3. The number of hydrogen-bond donors (Lipinski definition) is 1. The van der Waals surface area contributed by atoms with Crippen LogP contribution >= 0.6 is 0 Å². The number of halogens is 3. The Morgan fingerprint density at radius 2 is 1.68 bits per heavy atom. The van der Waals surface area contributed by atoms with E-state index in [1.165, 1.54) is 19.2 Å². The van der Waals surface area contributed by atoms with Gasteiger partial charge in [-0.3, -0.25) is 5.10 Å². The van der Waals surface area contributed by atoms with Gasteiger partial charge in [0.15, 0.2) is 5.65 Å². The molecule has 3 heterocycles. The second-order valence-corrected chi connectivity index (χ2v) is 8.44. The van der Waals surface area contributed by atoms with Crippen molar-refractivity contribution in [1.82, 2.24) is 20.1 Å². The summed E-state index contributed by atoms with van der Waals surface area (Å²) in [6, 6.07) is 13.9. The number of rotatable bonds is 4. The zero-order valence-electron chi connectivity index (χ0n) is 18.9. The molecule has 34 heavy (non-hydrogen) atoms. The molecule has 0 amide bonds. The lowest BCUT2D eigenvalue weighted by molar-refractivity contribution is -0.137. The number of anilines is 1. The molecular formula is C25H24F3N5O. The predicted molar refractivity (Wildman–Crippen MR) is 126 cm³/mol. The smallest absolute Gasteiger partial charge is 0.417 e. The summed E-state index contributed by atoms with van der Waals surface area (Å²) in [6.07, 6.45) is -2.86. The van der Waals surface area contributed by atoms with Crippen LogP contribution in [0.15, 0.2) is 54.7 Å². The molecule has 1 aliphatic heterocycles. The van der Waals surface area contributed by atoms with Gasteiger partial charge in [-0.2, -0.15) is 18.3 Å². The molecule has 2 aromatic heterocycles. The summed E-state index contributed by atoms with van der Waals surface area (Å²) in [5, 5.41) is 7.41. The fraction of sp³-hybridized carbons (Fsp3) is 0.280. The maximum atomic E-state index is 13.8.